The third-order valence-corrected chi connectivity index (χ3v) is 4.49. The van der Waals surface area contributed by atoms with Crippen molar-refractivity contribution in [3.05, 3.63) is 35.4 Å². The van der Waals surface area contributed by atoms with E-state index in [0.29, 0.717) is 6.04 Å². The number of hydrogen-bond acceptors (Lipinski definition) is 2. The van der Waals surface area contributed by atoms with Crippen molar-refractivity contribution in [2.45, 2.75) is 45.1 Å². The van der Waals surface area contributed by atoms with Crippen LogP contribution in [0.25, 0.3) is 0 Å². The smallest absolute Gasteiger partial charge is 0.00390 e. The first-order chi connectivity index (χ1) is 9.15. The fourth-order valence-corrected chi connectivity index (χ4v) is 3.10. The molecule has 1 aromatic carbocycles. The van der Waals surface area contributed by atoms with Crippen LogP contribution in [-0.4, -0.2) is 31.1 Å². The van der Waals surface area contributed by atoms with E-state index in [1.54, 1.807) is 0 Å². The number of hydrogen-bond donors (Lipinski definition) is 1. The summed E-state index contributed by atoms with van der Waals surface area (Å²) in [5, 5.41) is 0. The van der Waals surface area contributed by atoms with E-state index in [1.165, 1.54) is 43.4 Å². The van der Waals surface area contributed by atoms with Crippen molar-refractivity contribution in [3.8, 4) is 0 Å². The molecule has 0 spiro atoms. The second kappa shape index (κ2) is 7.06. The standard InChI is InChI=1S/C17H28N2/c1-14-5-3-4-6-16(14)11-12-19(2)13-15-7-9-17(18)10-8-15/h3-6,15,17H,7-13,18H2,1-2H3. The minimum Gasteiger partial charge on any atom is -0.328 e. The largest absolute Gasteiger partial charge is 0.328 e. The zero-order valence-electron chi connectivity index (χ0n) is 12.4. The van der Waals surface area contributed by atoms with E-state index in [0.717, 1.165) is 18.9 Å². The Morgan fingerprint density at radius 2 is 1.84 bits per heavy atom. The van der Waals surface area contributed by atoms with Crippen molar-refractivity contribution in [1.82, 2.24) is 4.90 Å². The van der Waals surface area contributed by atoms with Gasteiger partial charge in [-0.05, 0) is 63.1 Å². The van der Waals surface area contributed by atoms with E-state index in [9.17, 15) is 0 Å². The quantitative estimate of drug-likeness (QED) is 0.882. The van der Waals surface area contributed by atoms with Gasteiger partial charge >= 0.3 is 0 Å². The highest BCUT2D eigenvalue weighted by Gasteiger charge is 2.19. The molecule has 106 valence electrons. The van der Waals surface area contributed by atoms with E-state index in [4.69, 9.17) is 5.73 Å². The Kier molecular flexibility index (Phi) is 5.41. The van der Waals surface area contributed by atoms with Crippen LogP contribution in [0, 0.1) is 12.8 Å². The molecule has 2 rings (SSSR count). The first kappa shape index (κ1) is 14.5. The molecular weight excluding hydrogens is 232 g/mol. The van der Waals surface area contributed by atoms with Crippen molar-refractivity contribution < 1.29 is 0 Å². The van der Waals surface area contributed by atoms with Crippen molar-refractivity contribution >= 4 is 0 Å². The highest BCUT2D eigenvalue weighted by molar-refractivity contribution is 5.25. The molecule has 0 heterocycles. The number of benzene rings is 1. The summed E-state index contributed by atoms with van der Waals surface area (Å²) >= 11 is 0. The Labute approximate surface area is 118 Å². The van der Waals surface area contributed by atoms with E-state index in [-0.39, 0.29) is 0 Å². The van der Waals surface area contributed by atoms with Crippen LogP contribution < -0.4 is 5.73 Å². The lowest BCUT2D eigenvalue weighted by Gasteiger charge is -2.29. The summed E-state index contributed by atoms with van der Waals surface area (Å²) in [5.74, 6) is 0.863. The molecule has 0 radical (unpaired) electrons. The maximum Gasteiger partial charge on any atom is 0.00390 e. The molecule has 1 saturated carbocycles. The SMILES string of the molecule is Cc1ccccc1CCN(C)CC1CCC(N)CC1. The summed E-state index contributed by atoms with van der Waals surface area (Å²) in [6.45, 7) is 4.60. The van der Waals surface area contributed by atoms with Gasteiger partial charge in [0.05, 0.1) is 0 Å². The maximum absolute atomic E-state index is 5.97. The third kappa shape index (κ3) is 4.63. The minimum atomic E-state index is 0.466. The summed E-state index contributed by atoms with van der Waals surface area (Å²) in [6, 6.07) is 9.19. The lowest BCUT2D eigenvalue weighted by Crippen LogP contribution is -2.33. The Bertz CT molecular complexity index is 381. The normalized spacial score (nSPS) is 23.8. The van der Waals surface area contributed by atoms with Crippen molar-refractivity contribution in [2.24, 2.45) is 11.7 Å². The summed E-state index contributed by atoms with van der Waals surface area (Å²) in [6.07, 6.45) is 6.23. The molecule has 2 N–H and O–H groups in total. The highest BCUT2D eigenvalue weighted by Crippen LogP contribution is 2.23. The van der Waals surface area contributed by atoms with Crippen LogP contribution in [-0.2, 0) is 6.42 Å². The molecule has 0 atom stereocenters. The number of nitrogens with two attached hydrogens (primary N) is 1. The average molecular weight is 260 g/mol. The summed E-state index contributed by atoms with van der Waals surface area (Å²) in [5.41, 5.74) is 8.87. The molecule has 0 aromatic heterocycles. The van der Waals surface area contributed by atoms with Gasteiger partial charge in [0.15, 0.2) is 0 Å². The van der Waals surface area contributed by atoms with Gasteiger partial charge in [-0.2, -0.15) is 0 Å². The van der Waals surface area contributed by atoms with Crippen molar-refractivity contribution in [3.63, 3.8) is 0 Å². The van der Waals surface area contributed by atoms with Crippen molar-refractivity contribution in [2.75, 3.05) is 20.1 Å². The van der Waals surface area contributed by atoms with Gasteiger partial charge < -0.3 is 10.6 Å². The fraction of sp³-hybridized carbons (Fsp3) is 0.647. The zero-order valence-corrected chi connectivity index (χ0v) is 12.4. The summed E-state index contributed by atoms with van der Waals surface area (Å²) < 4.78 is 0. The monoisotopic (exact) mass is 260 g/mol. The number of likely N-dealkylation sites (N-methyl/N-ethyl adjacent to an activating group) is 1. The molecule has 0 saturated heterocycles. The molecule has 19 heavy (non-hydrogen) atoms. The number of aryl methyl sites for hydroxylation is 1. The first-order valence-corrected chi connectivity index (χ1v) is 7.64. The second-order valence-corrected chi connectivity index (χ2v) is 6.22. The van der Waals surface area contributed by atoms with Crippen LogP contribution in [0.1, 0.15) is 36.8 Å². The predicted octanol–water partition coefficient (Wildman–Crippen LogP) is 2.99. The average Bonchev–Trinajstić information content (AvgIpc) is 2.40. The van der Waals surface area contributed by atoms with Crippen LogP contribution >= 0.6 is 0 Å². The molecular formula is C17H28N2. The summed E-state index contributed by atoms with van der Waals surface area (Å²) in [4.78, 5) is 2.49. The van der Waals surface area contributed by atoms with Crippen LogP contribution in [0.4, 0.5) is 0 Å². The number of rotatable bonds is 5. The van der Waals surface area contributed by atoms with Crippen LogP contribution in [0.2, 0.25) is 0 Å². The topological polar surface area (TPSA) is 29.3 Å². The molecule has 1 aliphatic carbocycles. The van der Waals surface area contributed by atoms with Crippen LogP contribution in [0.5, 0.6) is 0 Å². The molecule has 1 fully saturated rings. The zero-order chi connectivity index (χ0) is 13.7. The van der Waals surface area contributed by atoms with Crippen LogP contribution in [0.15, 0.2) is 24.3 Å². The van der Waals surface area contributed by atoms with E-state index < -0.39 is 0 Å². The highest BCUT2D eigenvalue weighted by atomic mass is 15.1. The number of nitrogens with zero attached hydrogens (tertiary/aromatic N) is 1. The lowest BCUT2D eigenvalue weighted by atomic mass is 9.86. The molecule has 1 aliphatic rings. The van der Waals surface area contributed by atoms with Crippen LogP contribution in [0.3, 0.4) is 0 Å². The molecule has 1 aromatic rings. The predicted molar refractivity (Wildman–Crippen MR) is 82.3 cm³/mol. The van der Waals surface area contributed by atoms with Gasteiger partial charge in [-0.1, -0.05) is 24.3 Å². The third-order valence-electron chi connectivity index (χ3n) is 4.49. The summed E-state index contributed by atoms with van der Waals surface area (Å²) in [7, 11) is 2.26. The molecule has 0 amide bonds. The van der Waals surface area contributed by atoms with Gasteiger partial charge in [0.2, 0.25) is 0 Å². The van der Waals surface area contributed by atoms with E-state index >= 15 is 0 Å². The van der Waals surface area contributed by atoms with Gasteiger partial charge in [0, 0.05) is 19.1 Å². The van der Waals surface area contributed by atoms with Gasteiger partial charge in [0.25, 0.3) is 0 Å². The molecule has 0 bridgehead atoms. The van der Waals surface area contributed by atoms with Gasteiger partial charge in [-0.3, -0.25) is 0 Å². The molecule has 2 heteroatoms. The molecule has 2 nitrogen and oxygen atoms in total. The maximum atomic E-state index is 5.97. The molecule has 0 aliphatic heterocycles. The Morgan fingerprint density at radius 1 is 1.16 bits per heavy atom. The molecule has 0 unspecified atom stereocenters. The van der Waals surface area contributed by atoms with E-state index in [1.807, 2.05) is 0 Å². The Morgan fingerprint density at radius 3 is 2.53 bits per heavy atom. The van der Waals surface area contributed by atoms with Gasteiger partial charge in [-0.25, -0.2) is 0 Å². The van der Waals surface area contributed by atoms with E-state index in [2.05, 4.69) is 43.1 Å². The van der Waals surface area contributed by atoms with Crippen molar-refractivity contribution in [1.29, 1.82) is 0 Å². The minimum absolute atomic E-state index is 0.466. The Hall–Kier alpha value is -0.860. The van der Waals surface area contributed by atoms with Gasteiger partial charge in [0.1, 0.15) is 0 Å². The Balaban J connectivity index is 1.73. The first-order valence-electron chi connectivity index (χ1n) is 7.64. The van der Waals surface area contributed by atoms with Gasteiger partial charge in [-0.15, -0.1) is 0 Å². The lowest BCUT2D eigenvalue weighted by molar-refractivity contribution is 0.225. The second-order valence-electron chi connectivity index (χ2n) is 6.22. The fourth-order valence-electron chi connectivity index (χ4n) is 3.10.